The Kier molecular flexibility index (Phi) is 4.48. The number of methoxy groups -OCH3 is 1. The summed E-state index contributed by atoms with van der Waals surface area (Å²) in [6, 6.07) is 0. The molecule has 0 aromatic carbocycles. The highest BCUT2D eigenvalue weighted by molar-refractivity contribution is 5.79. The van der Waals surface area contributed by atoms with E-state index in [1.807, 2.05) is 0 Å². The molecule has 2 aliphatic rings. The number of likely N-dealkylation sites (tertiary alicyclic amines) is 1. The van der Waals surface area contributed by atoms with E-state index in [0.717, 1.165) is 32.8 Å². The van der Waals surface area contributed by atoms with Gasteiger partial charge in [0.05, 0.1) is 7.11 Å². The Morgan fingerprint density at radius 1 is 1.42 bits per heavy atom. The lowest BCUT2D eigenvalue weighted by molar-refractivity contribution is -0.146. The number of ether oxygens (including phenoxy) is 2. The molecule has 2 N–H and O–H groups in total. The molecule has 19 heavy (non-hydrogen) atoms. The predicted octanol–water partition coefficient (Wildman–Crippen LogP) is 0.769. The zero-order valence-corrected chi connectivity index (χ0v) is 12.1. The van der Waals surface area contributed by atoms with Gasteiger partial charge in [0.2, 0.25) is 0 Å². The lowest BCUT2D eigenvalue weighted by Crippen LogP contribution is -2.48. The zero-order chi connectivity index (χ0) is 13.9. The van der Waals surface area contributed by atoms with Crippen LogP contribution in [0.2, 0.25) is 0 Å². The average Bonchev–Trinajstić information content (AvgIpc) is 2.79. The second kappa shape index (κ2) is 5.77. The molecule has 0 aromatic heterocycles. The third kappa shape index (κ3) is 3.46. The molecule has 0 aromatic rings. The van der Waals surface area contributed by atoms with E-state index in [2.05, 4.69) is 4.90 Å². The number of nitrogens with two attached hydrogens (primary N) is 1. The van der Waals surface area contributed by atoms with Gasteiger partial charge in [-0.2, -0.15) is 0 Å². The summed E-state index contributed by atoms with van der Waals surface area (Å²) >= 11 is 0. The first-order valence-corrected chi connectivity index (χ1v) is 7.15. The fourth-order valence-electron chi connectivity index (χ4n) is 3.16. The van der Waals surface area contributed by atoms with Gasteiger partial charge in [-0.25, -0.2) is 0 Å². The van der Waals surface area contributed by atoms with Gasteiger partial charge in [0, 0.05) is 26.3 Å². The van der Waals surface area contributed by atoms with Crippen molar-refractivity contribution in [2.45, 2.75) is 38.1 Å². The first-order chi connectivity index (χ1) is 8.97. The van der Waals surface area contributed by atoms with E-state index < -0.39 is 5.54 Å². The van der Waals surface area contributed by atoms with Gasteiger partial charge in [-0.05, 0) is 44.6 Å². The summed E-state index contributed by atoms with van der Waals surface area (Å²) in [5.74, 6) is -0.326. The SMILES string of the molecule is COC(=O)C(C)(N)CCN1CCC2(CCOCC2)C1. The molecule has 2 saturated heterocycles. The van der Waals surface area contributed by atoms with Crippen molar-refractivity contribution < 1.29 is 14.3 Å². The van der Waals surface area contributed by atoms with Gasteiger partial charge in [0.25, 0.3) is 0 Å². The summed E-state index contributed by atoms with van der Waals surface area (Å²) in [7, 11) is 1.39. The maximum atomic E-state index is 11.6. The quantitative estimate of drug-likeness (QED) is 0.764. The van der Waals surface area contributed by atoms with Crippen molar-refractivity contribution >= 4 is 5.97 Å². The highest BCUT2D eigenvalue weighted by Gasteiger charge is 2.40. The number of esters is 1. The van der Waals surface area contributed by atoms with E-state index in [4.69, 9.17) is 15.2 Å². The van der Waals surface area contributed by atoms with Crippen molar-refractivity contribution in [1.82, 2.24) is 4.90 Å². The second-order valence-electron chi connectivity index (χ2n) is 6.30. The van der Waals surface area contributed by atoms with Crippen LogP contribution in [-0.2, 0) is 14.3 Å². The molecule has 1 unspecified atom stereocenters. The van der Waals surface area contributed by atoms with Gasteiger partial charge in [-0.1, -0.05) is 0 Å². The van der Waals surface area contributed by atoms with Gasteiger partial charge in [-0.15, -0.1) is 0 Å². The summed E-state index contributed by atoms with van der Waals surface area (Å²) in [6.45, 7) is 6.63. The van der Waals surface area contributed by atoms with Crippen LogP contribution in [0, 0.1) is 5.41 Å². The molecule has 2 fully saturated rings. The molecule has 0 amide bonds. The normalized spacial score (nSPS) is 26.3. The molecule has 110 valence electrons. The molecule has 0 aliphatic carbocycles. The lowest BCUT2D eigenvalue weighted by Gasteiger charge is -2.33. The Morgan fingerprint density at radius 3 is 2.74 bits per heavy atom. The van der Waals surface area contributed by atoms with Crippen LogP contribution in [0.5, 0.6) is 0 Å². The molecule has 5 nitrogen and oxygen atoms in total. The highest BCUT2D eigenvalue weighted by Crippen LogP contribution is 2.39. The number of carbonyl (C=O) groups excluding carboxylic acids is 1. The third-order valence-electron chi connectivity index (χ3n) is 4.67. The van der Waals surface area contributed by atoms with E-state index >= 15 is 0 Å². The number of hydrogen-bond donors (Lipinski definition) is 1. The van der Waals surface area contributed by atoms with Crippen LogP contribution < -0.4 is 5.73 Å². The largest absolute Gasteiger partial charge is 0.468 e. The van der Waals surface area contributed by atoms with Crippen molar-refractivity contribution in [3.63, 3.8) is 0 Å². The lowest BCUT2D eigenvalue weighted by atomic mass is 9.80. The molecular formula is C14H26N2O3. The molecule has 0 bridgehead atoms. The number of rotatable bonds is 4. The monoisotopic (exact) mass is 270 g/mol. The minimum Gasteiger partial charge on any atom is -0.468 e. The number of hydrogen-bond acceptors (Lipinski definition) is 5. The standard InChI is InChI=1S/C14H26N2O3/c1-13(15,12(17)18-2)3-7-16-8-4-14(11-16)5-9-19-10-6-14/h3-11,15H2,1-2H3. The Hall–Kier alpha value is -0.650. The molecule has 5 heteroatoms. The first-order valence-electron chi connectivity index (χ1n) is 7.15. The highest BCUT2D eigenvalue weighted by atomic mass is 16.5. The third-order valence-corrected chi connectivity index (χ3v) is 4.67. The number of nitrogens with zero attached hydrogens (tertiary/aromatic N) is 1. The second-order valence-corrected chi connectivity index (χ2v) is 6.30. The average molecular weight is 270 g/mol. The van der Waals surface area contributed by atoms with Crippen molar-refractivity contribution in [3.05, 3.63) is 0 Å². The topological polar surface area (TPSA) is 64.8 Å². The maximum absolute atomic E-state index is 11.6. The number of carbonyl (C=O) groups is 1. The van der Waals surface area contributed by atoms with Crippen molar-refractivity contribution in [2.75, 3.05) is 40.0 Å². The van der Waals surface area contributed by atoms with Gasteiger partial charge >= 0.3 is 5.97 Å². The van der Waals surface area contributed by atoms with Crippen LogP contribution in [0.4, 0.5) is 0 Å². The predicted molar refractivity (Wildman–Crippen MR) is 72.8 cm³/mol. The van der Waals surface area contributed by atoms with Crippen LogP contribution >= 0.6 is 0 Å². The molecule has 1 atom stereocenters. The minimum absolute atomic E-state index is 0.326. The van der Waals surface area contributed by atoms with Crippen molar-refractivity contribution in [3.8, 4) is 0 Å². The molecule has 1 spiro atoms. The van der Waals surface area contributed by atoms with Crippen LogP contribution in [0.25, 0.3) is 0 Å². The van der Waals surface area contributed by atoms with E-state index in [1.54, 1.807) is 6.92 Å². The first kappa shape index (κ1) is 14.8. The van der Waals surface area contributed by atoms with E-state index in [0.29, 0.717) is 11.8 Å². The molecular weight excluding hydrogens is 244 g/mol. The molecule has 2 heterocycles. The smallest absolute Gasteiger partial charge is 0.325 e. The molecule has 2 rings (SSSR count). The molecule has 2 aliphatic heterocycles. The summed E-state index contributed by atoms with van der Waals surface area (Å²) in [5, 5.41) is 0. The Bertz CT molecular complexity index is 325. The fraction of sp³-hybridized carbons (Fsp3) is 0.929. The van der Waals surface area contributed by atoms with Crippen LogP contribution in [0.15, 0.2) is 0 Å². The van der Waals surface area contributed by atoms with Crippen LogP contribution in [0.1, 0.15) is 32.6 Å². The summed E-state index contributed by atoms with van der Waals surface area (Å²) in [6.07, 6.45) is 4.23. The van der Waals surface area contributed by atoms with Gasteiger partial charge in [-0.3, -0.25) is 4.79 Å². The Balaban J connectivity index is 1.80. The van der Waals surface area contributed by atoms with Gasteiger partial charge in [0.1, 0.15) is 5.54 Å². The minimum atomic E-state index is -0.875. The summed E-state index contributed by atoms with van der Waals surface area (Å²) in [5.41, 5.74) is 5.58. The zero-order valence-electron chi connectivity index (χ0n) is 12.1. The molecule has 0 radical (unpaired) electrons. The van der Waals surface area contributed by atoms with E-state index in [9.17, 15) is 4.79 Å². The summed E-state index contributed by atoms with van der Waals surface area (Å²) in [4.78, 5) is 14.0. The van der Waals surface area contributed by atoms with Gasteiger partial charge in [0.15, 0.2) is 0 Å². The Labute approximate surface area is 115 Å². The summed E-state index contributed by atoms with van der Waals surface area (Å²) < 4.78 is 10.2. The van der Waals surface area contributed by atoms with Gasteiger partial charge < -0.3 is 20.1 Å². The van der Waals surface area contributed by atoms with E-state index in [-0.39, 0.29) is 5.97 Å². The Morgan fingerprint density at radius 2 is 2.11 bits per heavy atom. The van der Waals surface area contributed by atoms with Crippen LogP contribution in [0.3, 0.4) is 0 Å². The fourth-order valence-corrected chi connectivity index (χ4v) is 3.16. The van der Waals surface area contributed by atoms with Crippen LogP contribution in [-0.4, -0.2) is 56.4 Å². The molecule has 0 saturated carbocycles. The maximum Gasteiger partial charge on any atom is 0.325 e. The van der Waals surface area contributed by atoms with Crippen molar-refractivity contribution in [2.24, 2.45) is 11.1 Å². The van der Waals surface area contributed by atoms with E-state index in [1.165, 1.54) is 26.4 Å². The van der Waals surface area contributed by atoms with Crippen molar-refractivity contribution in [1.29, 1.82) is 0 Å².